The Balaban J connectivity index is 1.73. The Hall–Kier alpha value is -2.05. The minimum Gasteiger partial charge on any atom is -0.352 e. The van der Waals surface area contributed by atoms with Crippen LogP contribution >= 0.6 is 23.4 Å². The number of aryl methyl sites for hydroxylation is 1. The number of carbonyl (C=O) groups excluding carboxylic acids is 2. The molecule has 0 unspecified atom stereocenters. The van der Waals surface area contributed by atoms with Gasteiger partial charge in [-0.2, -0.15) is 0 Å². The lowest BCUT2D eigenvalue weighted by molar-refractivity contribution is -0.139. The molecule has 0 aliphatic heterocycles. The third-order valence-corrected chi connectivity index (χ3v) is 7.35. The van der Waals surface area contributed by atoms with Crippen molar-refractivity contribution < 1.29 is 14.0 Å². The number of halogens is 2. The summed E-state index contributed by atoms with van der Waals surface area (Å²) in [5.41, 5.74) is 2.48. The van der Waals surface area contributed by atoms with Crippen molar-refractivity contribution in [3.05, 3.63) is 70.0 Å². The van der Waals surface area contributed by atoms with Crippen molar-refractivity contribution >= 4 is 35.2 Å². The quantitative estimate of drug-likeness (QED) is 0.452. The van der Waals surface area contributed by atoms with Gasteiger partial charge >= 0.3 is 0 Å². The zero-order valence-corrected chi connectivity index (χ0v) is 20.9. The summed E-state index contributed by atoms with van der Waals surface area (Å²) in [6.45, 7) is 4.30. The molecule has 0 radical (unpaired) electrons. The molecule has 1 atom stereocenters. The zero-order chi connectivity index (χ0) is 23.8. The van der Waals surface area contributed by atoms with E-state index in [4.69, 9.17) is 11.6 Å². The van der Waals surface area contributed by atoms with E-state index >= 15 is 0 Å². The van der Waals surface area contributed by atoms with Gasteiger partial charge in [0.15, 0.2) is 0 Å². The minimum absolute atomic E-state index is 0.0902. The maximum atomic E-state index is 14.1. The fourth-order valence-electron chi connectivity index (χ4n) is 4.29. The highest BCUT2D eigenvalue weighted by Gasteiger charge is 2.30. The number of amides is 2. The van der Waals surface area contributed by atoms with Crippen LogP contribution in [-0.4, -0.2) is 34.6 Å². The number of nitrogens with one attached hydrogen (secondary N) is 1. The number of rotatable bonds is 10. The Morgan fingerprint density at radius 2 is 1.94 bits per heavy atom. The van der Waals surface area contributed by atoms with E-state index in [0.717, 1.165) is 36.8 Å². The van der Waals surface area contributed by atoms with Crippen LogP contribution in [0.15, 0.2) is 42.5 Å². The van der Waals surface area contributed by atoms with Gasteiger partial charge in [-0.1, -0.05) is 67.3 Å². The molecule has 2 amide bonds. The summed E-state index contributed by atoms with van der Waals surface area (Å²) >= 11 is 7.43. The predicted octanol–water partition coefficient (Wildman–Crippen LogP) is 5.89. The molecule has 0 heterocycles. The zero-order valence-electron chi connectivity index (χ0n) is 19.3. The molecule has 0 bridgehead atoms. The summed E-state index contributed by atoms with van der Waals surface area (Å²) in [7, 11) is 0. The molecule has 0 aromatic heterocycles. The molecule has 0 saturated heterocycles. The van der Waals surface area contributed by atoms with Crippen molar-refractivity contribution in [1.29, 1.82) is 0 Å². The topological polar surface area (TPSA) is 49.4 Å². The average Bonchev–Trinajstić information content (AvgIpc) is 3.28. The van der Waals surface area contributed by atoms with Gasteiger partial charge < -0.3 is 10.2 Å². The second-order valence-corrected chi connectivity index (χ2v) is 10.0. The molecule has 2 aromatic carbocycles. The Kier molecular flexibility index (Phi) is 9.63. The predicted molar refractivity (Wildman–Crippen MR) is 134 cm³/mol. The van der Waals surface area contributed by atoms with E-state index in [-0.39, 0.29) is 29.4 Å². The largest absolute Gasteiger partial charge is 0.352 e. The molecule has 7 heteroatoms. The second-order valence-electron chi connectivity index (χ2n) is 8.62. The molecule has 1 aliphatic rings. The van der Waals surface area contributed by atoms with E-state index in [2.05, 4.69) is 5.32 Å². The molecule has 178 valence electrons. The van der Waals surface area contributed by atoms with Gasteiger partial charge in [-0.25, -0.2) is 4.39 Å². The van der Waals surface area contributed by atoms with Crippen LogP contribution < -0.4 is 5.32 Å². The van der Waals surface area contributed by atoms with Crippen molar-refractivity contribution in [1.82, 2.24) is 10.2 Å². The number of thioether (sulfide) groups is 1. The Bertz CT molecular complexity index is 945. The Labute approximate surface area is 205 Å². The van der Waals surface area contributed by atoms with Crippen LogP contribution in [0.5, 0.6) is 0 Å². The first-order valence-corrected chi connectivity index (χ1v) is 13.1. The molecule has 1 N–H and O–H groups in total. The molecule has 1 fully saturated rings. The number of hydrogen-bond acceptors (Lipinski definition) is 3. The lowest BCUT2D eigenvalue weighted by Gasteiger charge is -2.31. The molecule has 2 aromatic rings. The summed E-state index contributed by atoms with van der Waals surface area (Å²) in [4.78, 5) is 28.1. The van der Waals surface area contributed by atoms with E-state index in [1.807, 2.05) is 38.1 Å². The third kappa shape index (κ3) is 7.21. The molecular weight excluding hydrogens is 459 g/mol. The summed E-state index contributed by atoms with van der Waals surface area (Å²) in [5.74, 6) is -0.166. The maximum absolute atomic E-state index is 14.1. The Morgan fingerprint density at radius 1 is 1.21 bits per heavy atom. The van der Waals surface area contributed by atoms with Gasteiger partial charge in [-0.3, -0.25) is 9.59 Å². The number of carbonyl (C=O) groups is 2. The molecule has 1 aliphatic carbocycles. The number of benzene rings is 2. The van der Waals surface area contributed by atoms with Crippen molar-refractivity contribution in [2.45, 2.75) is 70.3 Å². The molecule has 33 heavy (non-hydrogen) atoms. The van der Waals surface area contributed by atoms with Gasteiger partial charge in [0, 0.05) is 28.9 Å². The standard InChI is InChI=1S/C26H32ClFN2O2S/c1-3-24(26(32)29-20-10-4-5-11-20)30(15-19-9-6-8-18(2)14-19)25(31)17-33-16-21-22(27)12-7-13-23(21)28/h6-9,12-14,20,24H,3-5,10-11,15-17H2,1-2H3,(H,29,32)/t24-/m0/s1. The van der Waals surface area contributed by atoms with Crippen molar-refractivity contribution in [3.8, 4) is 0 Å². The highest BCUT2D eigenvalue weighted by molar-refractivity contribution is 7.99. The van der Waals surface area contributed by atoms with Crippen LogP contribution in [0.3, 0.4) is 0 Å². The summed E-state index contributed by atoms with van der Waals surface area (Å²) in [5, 5.41) is 3.51. The first kappa shape index (κ1) is 25.6. The summed E-state index contributed by atoms with van der Waals surface area (Å²) in [6.07, 6.45) is 4.77. The maximum Gasteiger partial charge on any atom is 0.243 e. The summed E-state index contributed by atoms with van der Waals surface area (Å²) in [6, 6.07) is 12.2. The third-order valence-electron chi connectivity index (χ3n) is 6.06. The second kappa shape index (κ2) is 12.4. The monoisotopic (exact) mass is 490 g/mol. The number of hydrogen-bond donors (Lipinski definition) is 1. The SMILES string of the molecule is CC[C@@H](C(=O)NC1CCCC1)N(Cc1cccc(C)c1)C(=O)CSCc1c(F)cccc1Cl. The van der Waals surface area contributed by atoms with E-state index in [1.54, 1.807) is 17.0 Å². The van der Waals surface area contributed by atoms with Crippen LogP contribution in [0.4, 0.5) is 4.39 Å². The first-order valence-electron chi connectivity index (χ1n) is 11.5. The van der Waals surface area contributed by atoms with Gasteiger partial charge in [0.05, 0.1) is 5.75 Å². The lowest BCUT2D eigenvalue weighted by Crippen LogP contribution is -2.51. The van der Waals surface area contributed by atoms with Gasteiger partial charge in [0.2, 0.25) is 11.8 Å². The van der Waals surface area contributed by atoms with Gasteiger partial charge in [0.25, 0.3) is 0 Å². The fraction of sp³-hybridized carbons (Fsp3) is 0.462. The van der Waals surface area contributed by atoms with Crippen LogP contribution in [0.2, 0.25) is 5.02 Å². The van der Waals surface area contributed by atoms with Crippen LogP contribution in [0, 0.1) is 12.7 Å². The van der Waals surface area contributed by atoms with Crippen molar-refractivity contribution in [2.24, 2.45) is 0 Å². The number of nitrogens with zero attached hydrogens (tertiary/aromatic N) is 1. The van der Waals surface area contributed by atoms with Crippen LogP contribution in [-0.2, 0) is 21.9 Å². The van der Waals surface area contributed by atoms with Crippen molar-refractivity contribution in [2.75, 3.05) is 5.75 Å². The van der Waals surface area contributed by atoms with Crippen molar-refractivity contribution in [3.63, 3.8) is 0 Å². The van der Waals surface area contributed by atoms with Crippen LogP contribution in [0.1, 0.15) is 55.7 Å². The smallest absolute Gasteiger partial charge is 0.243 e. The van der Waals surface area contributed by atoms with E-state index in [0.29, 0.717) is 29.3 Å². The fourth-order valence-corrected chi connectivity index (χ4v) is 5.54. The molecule has 3 rings (SSSR count). The molecule has 1 saturated carbocycles. The first-order chi connectivity index (χ1) is 15.9. The molecule has 4 nitrogen and oxygen atoms in total. The van der Waals surface area contributed by atoms with E-state index in [9.17, 15) is 14.0 Å². The average molecular weight is 491 g/mol. The van der Waals surface area contributed by atoms with E-state index in [1.165, 1.54) is 17.8 Å². The minimum atomic E-state index is -0.545. The van der Waals surface area contributed by atoms with Crippen LogP contribution in [0.25, 0.3) is 0 Å². The van der Waals surface area contributed by atoms with Gasteiger partial charge in [-0.05, 0) is 43.9 Å². The molecule has 0 spiro atoms. The highest BCUT2D eigenvalue weighted by atomic mass is 35.5. The summed E-state index contributed by atoms with van der Waals surface area (Å²) < 4.78 is 14.1. The Morgan fingerprint density at radius 3 is 2.61 bits per heavy atom. The van der Waals surface area contributed by atoms with E-state index < -0.39 is 6.04 Å². The lowest BCUT2D eigenvalue weighted by atomic mass is 10.1. The molecular formula is C26H32ClFN2O2S. The van der Waals surface area contributed by atoms with Gasteiger partial charge in [0.1, 0.15) is 11.9 Å². The normalized spacial score (nSPS) is 14.8. The van der Waals surface area contributed by atoms with Gasteiger partial charge in [-0.15, -0.1) is 11.8 Å². The highest BCUT2D eigenvalue weighted by Crippen LogP contribution is 2.25.